The second-order valence-electron chi connectivity index (χ2n) is 9.67. The predicted octanol–water partition coefficient (Wildman–Crippen LogP) is 9.06. The molecule has 0 aromatic heterocycles. The van der Waals surface area contributed by atoms with Crippen molar-refractivity contribution in [2.24, 2.45) is 0 Å². The number of hydrogen-bond acceptors (Lipinski definition) is 8. The Balaban J connectivity index is 0.000000117. The normalized spacial score (nSPS) is 16.5. The van der Waals surface area contributed by atoms with E-state index in [0.717, 1.165) is 34.6 Å². The molecular weight excluding hydrogens is 616 g/mol. The lowest BCUT2D eigenvalue weighted by Gasteiger charge is -2.17. The molecule has 9 heteroatoms. The molecule has 0 N–H and O–H groups in total. The maximum atomic E-state index is 5.79. The number of rotatable bonds is 1. The highest BCUT2D eigenvalue weighted by molar-refractivity contribution is 7.80. The van der Waals surface area contributed by atoms with Gasteiger partial charge in [-0.25, -0.2) is 0 Å². The molecule has 4 aliphatic rings. The van der Waals surface area contributed by atoms with Crippen LogP contribution in [0.5, 0.6) is 17.2 Å². The Bertz CT molecular complexity index is 1670. The van der Waals surface area contributed by atoms with Crippen molar-refractivity contribution in [3.63, 3.8) is 0 Å². The van der Waals surface area contributed by atoms with Gasteiger partial charge in [0.1, 0.15) is 19.0 Å². The summed E-state index contributed by atoms with van der Waals surface area (Å²) in [5.74, 6) is 2.68. The van der Waals surface area contributed by atoms with Crippen LogP contribution < -0.4 is 14.2 Å². The number of ether oxygens (including phenoxy) is 6. The summed E-state index contributed by atoms with van der Waals surface area (Å²) in [6.45, 7) is 8.19. The van der Waals surface area contributed by atoms with Crippen LogP contribution in [0, 0.1) is 0 Å². The zero-order chi connectivity index (χ0) is 30.9. The molecule has 8 rings (SSSR count). The van der Waals surface area contributed by atoms with Gasteiger partial charge in [0, 0.05) is 22.6 Å². The van der Waals surface area contributed by atoms with E-state index in [9.17, 15) is 0 Å². The van der Waals surface area contributed by atoms with Gasteiger partial charge in [0.05, 0.1) is 5.02 Å². The minimum absolute atomic E-state index is 0.0266. The van der Waals surface area contributed by atoms with Crippen molar-refractivity contribution >= 4 is 46.1 Å². The summed E-state index contributed by atoms with van der Waals surface area (Å²) >= 11 is 15.7. The van der Waals surface area contributed by atoms with Crippen LogP contribution in [0.15, 0.2) is 122 Å². The van der Waals surface area contributed by atoms with Crippen molar-refractivity contribution < 1.29 is 28.4 Å². The molecule has 0 spiro atoms. The molecule has 3 aliphatic heterocycles. The van der Waals surface area contributed by atoms with Gasteiger partial charge in [-0.15, -0.1) is 0 Å². The summed E-state index contributed by atoms with van der Waals surface area (Å²) in [4.78, 5) is 1.13. The van der Waals surface area contributed by atoms with Gasteiger partial charge in [0.15, 0.2) is 17.6 Å². The molecule has 3 heterocycles. The van der Waals surface area contributed by atoms with Crippen molar-refractivity contribution in [1.82, 2.24) is 0 Å². The van der Waals surface area contributed by atoms with Crippen LogP contribution in [0.3, 0.4) is 0 Å². The fourth-order valence-corrected chi connectivity index (χ4v) is 5.18. The Morgan fingerprint density at radius 3 is 2.09 bits per heavy atom. The van der Waals surface area contributed by atoms with E-state index in [2.05, 4.69) is 37.4 Å². The lowest BCUT2D eigenvalue weighted by molar-refractivity contribution is 0.145. The molecule has 1 aliphatic carbocycles. The number of aryl methyl sites for hydroxylation is 1. The van der Waals surface area contributed by atoms with E-state index in [0.29, 0.717) is 35.7 Å². The van der Waals surface area contributed by atoms with Crippen molar-refractivity contribution in [3.05, 3.63) is 149 Å². The molecule has 4 aromatic rings. The molecule has 1 saturated heterocycles. The summed E-state index contributed by atoms with van der Waals surface area (Å²) in [5, 5.41) is 0.754. The van der Waals surface area contributed by atoms with E-state index >= 15 is 0 Å². The minimum atomic E-state index is 0.0266. The van der Waals surface area contributed by atoms with E-state index in [4.69, 9.17) is 64.5 Å². The molecule has 0 radical (unpaired) electrons. The summed E-state index contributed by atoms with van der Waals surface area (Å²) in [6.07, 6.45) is 2.25. The first-order chi connectivity index (χ1) is 21.4. The topological polar surface area (TPSA) is 55.4 Å². The van der Waals surface area contributed by atoms with E-state index in [1.807, 2.05) is 54.6 Å². The Labute approximate surface area is 272 Å². The van der Waals surface area contributed by atoms with Crippen LogP contribution in [0.2, 0.25) is 5.02 Å². The van der Waals surface area contributed by atoms with Gasteiger partial charge in [-0.05, 0) is 60.9 Å². The standard InChI is InChI=1S/C10H10O2.C9H8S.C8H5ClO2.C8H6O2S/c1-8-11-7-10(12-8)9-5-3-2-4-6-9;10-9-6-5-7-3-1-2-4-8(7)9;1-5-10-7-4-2-3-6(9)8(7)11-5;11-8-9-5-6-3-1-2-4-7(6)10-8/h2-6,10H,1,7H2;1-4H,5-6H2;2-4H,1H2;1-4H,5H2. The number of fused-ring (bicyclic) bond motifs is 3. The number of thiocarbonyl (C=S) groups is 2. The molecule has 1 unspecified atom stereocenters. The summed E-state index contributed by atoms with van der Waals surface area (Å²) < 4.78 is 30.8. The molecule has 0 saturated carbocycles. The van der Waals surface area contributed by atoms with Gasteiger partial charge in [0.25, 0.3) is 11.9 Å². The van der Waals surface area contributed by atoms with Crippen molar-refractivity contribution in [1.29, 1.82) is 0 Å². The Hall–Kier alpha value is -4.37. The van der Waals surface area contributed by atoms with Crippen molar-refractivity contribution in [3.8, 4) is 17.2 Å². The van der Waals surface area contributed by atoms with E-state index < -0.39 is 0 Å². The van der Waals surface area contributed by atoms with Gasteiger partial charge in [0.2, 0.25) is 0 Å². The third-order valence-electron chi connectivity index (χ3n) is 6.66. The molecule has 4 aromatic carbocycles. The third-order valence-corrected chi connectivity index (χ3v) is 7.58. The van der Waals surface area contributed by atoms with E-state index in [-0.39, 0.29) is 17.3 Å². The van der Waals surface area contributed by atoms with Crippen LogP contribution in [-0.2, 0) is 27.2 Å². The smallest absolute Gasteiger partial charge is 0.358 e. The summed E-state index contributed by atoms with van der Waals surface area (Å²) in [5.41, 5.74) is 4.90. The highest BCUT2D eigenvalue weighted by Gasteiger charge is 2.22. The zero-order valence-corrected chi connectivity index (χ0v) is 26.1. The Morgan fingerprint density at radius 2 is 1.36 bits per heavy atom. The third kappa shape index (κ3) is 8.17. The van der Waals surface area contributed by atoms with Crippen LogP contribution in [0.1, 0.15) is 34.8 Å². The Kier molecular flexibility index (Phi) is 10.5. The molecule has 44 heavy (non-hydrogen) atoms. The van der Waals surface area contributed by atoms with Gasteiger partial charge >= 0.3 is 5.24 Å². The molecule has 0 bridgehead atoms. The average molecular weight is 645 g/mol. The number of hydrogen-bond donors (Lipinski definition) is 0. The quantitative estimate of drug-likeness (QED) is 0.190. The molecule has 6 nitrogen and oxygen atoms in total. The summed E-state index contributed by atoms with van der Waals surface area (Å²) in [6, 6.07) is 31.4. The van der Waals surface area contributed by atoms with E-state index in [1.165, 1.54) is 11.1 Å². The second kappa shape index (κ2) is 14.9. The molecule has 1 atom stereocenters. The average Bonchev–Trinajstić information content (AvgIpc) is 3.77. The first-order valence-corrected chi connectivity index (χ1v) is 15.0. The zero-order valence-electron chi connectivity index (χ0n) is 23.7. The molecule has 1 fully saturated rings. The summed E-state index contributed by atoms with van der Waals surface area (Å²) in [7, 11) is 0. The predicted molar refractivity (Wildman–Crippen MR) is 178 cm³/mol. The highest BCUT2D eigenvalue weighted by atomic mass is 35.5. The van der Waals surface area contributed by atoms with Crippen LogP contribution in [0.4, 0.5) is 0 Å². The van der Waals surface area contributed by atoms with Gasteiger partial charge in [-0.1, -0.05) is 103 Å². The van der Waals surface area contributed by atoms with Crippen LogP contribution >= 0.6 is 36.0 Å². The number of para-hydroxylation sites is 2. The van der Waals surface area contributed by atoms with E-state index in [1.54, 1.807) is 18.2 Å². The maximum absolute atomic E-state index is 5.79. The Morgan fingerprint density at radius 1 is 0.659 bits per heavy atom. The monoisotopic (exact) mass is 644 g/mol. The second-order valence-corrected chi connectivity index (χ2v) is 10.9. The van der Waals surface area contributed by atoms with Gasteiger partial charge in [-0.3, -0.25) is 0 Å². The molecule has 224 valence electrons. The number of benzene rings is 4. The molecular formula is C35H29ClO6S2. The van der Waals surface area contributed by atoms with Gasteiger partial charge < -0.3 is 28.4 Å². The van der Waals surface area contributed by atoms with Gasteiger partial charge in [-0.2, -0.15) is 0 Å². The molecule has 0 amide bonds. The van der Waals surface area contributed by atoms with Crippen LogP contribution in [-0.4, -0.2) is 16.7 Å². The van der Waals surface area contributed by atoms with Crippen molar-refractivity contribution in [2.45, 2.75) is 25.6 Å². The minimum Gasteiger partial charge on any atom is -0.462 e. The van der Waals surface area contributed by atoms with Crippen LogP contribution in [0.25, 0.3) is 0 Å². The first-order valence-electron chi connectivity index (χ1n) is 13.8. The highest BCUT2D eigenvalue weighted by Crippen LogP contribution is 2.41. The largest absolute Gasteiger partial charge is 0.462 e. The lowest BCUT2D eigenvalue weighted by atomic mass is 10.1. The fraction of sp³-hybridized carbons (Fsp3) is 0.143. The van der Waals surface area contributed by atoms with Crippen molar-refractivity contribution in [2.75, 3.05) is 6.61 Å². The fourth-order valence-electron chi connectivity index (χ4n) is 4.52. The lowest BCUT2D eigenvalue weighted by Crippen LogP contribution is -2.16. The first kappa shape index (κ1) is 31.1. The SMILES string of the molecule is C=C1OCC(c2ccccc2)O1.C=C1Oc2cccc(Cl)c2O1.S=C1CCc2ccccc21.S=C1OCc2ccccc2O1. The number of halogens is 1. The maximum Gasteiger partial charge on any atom is 0.358 e.